The van der Waals surface area contributed by atoms with Crippen molar-refractivity contribution >= 4 is 5.96 Å². The Labute approximate surface area is 134 Å². The maximum absolute atomic E-state index is 6.00. The Morgan fingerprint density at radius 2 is 2.14 bits per heavy atom. The van der Waals surface area contributed by atoms with E-state index >= 15 is 0 Å². The van der Waals surface area contributed by atoms with Gasteiger partial charge in [0.15, 0.2) is 5.96 Å². The van der Waals surface area contributed by atoms with E-state index in [0.29, 0.717) is 24.0 Å². The van der Waals surface area contributed by atoms with Gasteiger partial charge in [-0.15, -0.1) is 0 Å². The highest BCUT2D eigenvalue weighted by atomic mass is 16.5. The van der Waals surface area contributed by atoms with E-state index in [1.165, 1.54) is 12.8 Å². The Hall–Kier alpha value is -0.810. The molecule has 4 unspecified atom stereocenters. The second kappa shape index (κ2) is 6.36. The zero-order valence-electron chi connectivity index (χ0n) is 14.5. The van der Waals surface area contributed by atoms with Gasteiger partial charge in [-0.3, -0.25) is 4.99 Å². The van der Waals surface area contributed by atoms with Crippen molar-refractivity contribution in [3.63, 3.8) is 0 Å². The molecule has 1 N–H and O–H groups in total. The minimum Gasteiger partial charge on any atom is -0.381 e. The van der Waals surface area contributed by atoms with Crippen molar-refractivity contribution in [1.82, 2.24) is 10.2 Å². The second-order valence-corrected chi connectivity index (χ2v) is 7.70. The summed E-state index contributed by atoms with van der Waals surface area (Å²) in [5.41, 5.74) is 0.179. The minimum atomic E-state index is 0.179. The third-order valence-corrected chi connectivity index (χ3v) is 5.75. The van der Waals surface area contributed by atoms with Crippen LogP contribution in [-0.2, 0) is 9.47 Å². The molecule has 0 aromatic heterocycles. The number of nitrogens with zero attached hydrogens (tertiary/aromatic N) is 2. The maximum atomic E-state index is 6.00. The number of rotatable bonds is 3. The van der Waals surface area contributed by atoms with Gasteiger partial charge in [0.05, 0.1) is 12.7 Å². The lowest BCUT2D eigenvalue weighted by Crippen LogP contribution is -2.71. The summed E-state index contributed by atoms with van der Waals surface area (Å²) in [6, 6.07) is 0.457. The zero-order chi connectivity index (χ0) is 15.7. The minimum absolute atomic E-state index is 0.179. The van der Waals surface area contributed by atoms with E-state index in [4.69, 9.17) is 9.47 Å². The van der Waals surface area contributed by atoms with Crippen LogP contribution in [0.2, 0.25) is 0 Å². The fourth-order valence-corrected chi connectivity index (χ4v) is 4.50. The Morgan fingerprint density at radius 3 is 2.82 bits per heavy atom. The molecule has 2 saturated heterocycles. The third-order valence-electron chi connectivity index (χ3n) is 5.75. The first-order chi connectivity index (χ1) is 10.5. The standard InChI is InChI=1S/C17H31N3O2/c1-17(2)14(13-6-5-8-22-15(13)17)19-16(18-3)20(4)10-12-7-9-21-11-12/h12-15H,5-11H2,1-4H3,(H,18,19). The van der Waals surface area contributed by atoms with Gasteiger partial charge in [-0.25, -0.2) is 0 Å². The zero-order valence-corrected chi connectivity index (χ0v) is 14.5. The van der Waals surface area contributed by atoms with Crippen molar-refractivity contribution in [2.24, 2.45) is 22.2 Å². The van der Waals surface area contributed by atoms with Gasteiger partial charge in [-0.1, -0.05) is 13.8 Å². The molecule has 5 nitrogen and oxygen atoms in total. The van der Waals surface area contributed by atoms with Crippen LogP contribution in [0.1, 0.15) is 33.1 Å². The Balaban J connectivity index is 1.60. The SMILES string of the molecule is CN=C(NC1C2CCCOC2C1(C)C)N(C)CC1CCOC1. The highest BCUT2D eigenvalue weighted by Gasteiger charge is 2.58. The maximum Gasteiger partial charge on any atom is 0.193 e. The first-order valence-corrected chi connectivity index (χ1v) is 8.68. The number of ether oxygens (including phenoxy) is 2. The van der Waals surface area contributed by atoms with E-state index in [9.17, 15) is 0 Å². The molecule has 2 heterocycles. The van der Waals surface area contributed by atoms with Crippen LogP contribution in [0.4, 0.5) is 0 Å². The van der Waals surface area contributed by atoms with Crippen molar-refractivity contribution in [3.05, 3.63) is 0 Å². The molecule has 4 atom stereocenters. The fraction of sp³-hybridized carbons (Fsp3) is 0.941. The van der Waals surface area contributed by atoms with Gasteiger partial charge in [-0.2, -0.15) is 0 Å². The van der Waals surface area contributed by atoms with Crippen LogP contribution in [0.15, 0.2) is 4.99 Å². The topological polar surface area (TPSA) is 46.1 Å². The molecule has 0 amide bonds. The van der Waals surface area contributed by atoms with Crippen LogP contribution in [0.3, 0.4) is 0 Å². The van der Waals surface area contributed by atoms with E-state index < -0.39 is 0 Å². The average molecular weight is 309 g/mol. The first kappa shape index (κ1) is 16.1. The summed E-state index contributed by atoms with van der Waals surface area (Å²) in [7, 11) is 4.01. The Bertz CT molecular complexity index is 418. The van der Waals surface area contributed by atoms with Crippen LogP contribution in [0.5, 0.6) is 0 Å². The molecule has 5 heteroatoms. The molecule has 1 saturated carbocycles. The van der Waals surface area contributed by atoms with Gasteiger partial charge in [-0.05, 0) is 19.3 Å². The van der Waals surface area contributed by atoms with Gasteiger partial charge in [0, 0.05) is 57.1 Å². The molecule has 3 aliphatic rings. The third kappa shape index (κ3) is 2.85. The molecule has 0 aromatic carbocycles. The van der Waals surface area contributed by atoms with Gasteiger partial charge in [0.25, 0.3) is 0 Å². The summed E-state index contributed by atoms with van der Waals surface area (Å²) in [5, 5.41) is 3.72. The van der Waals surface area contributed by atoms with Crippen LogP contribution in [0, 0.1) is 17.3 Å². The summed E-state index contributed by atoms with van der Waals surface area (Å²) in [4.78, 5) is 6.76. The van der Waals surface area contributed by atoms with E-state index in [-0.39, 0.29) is 5.41 Å². The molecular weight excluding hydrogens is 278 g/mol. The van der Waals surface area contributed by atoms with Gasteiger partial charge >= 0.3 is 0 Å². The van der Waals surface area contributed by atoms with Crippen LogP contribution >= 0.6 is 0 Å². The van der Waals surface area contributed by atoms with Crippen molar-refractivity contribution < 1.29 is 9.47 Å². The highest BCUT2D eigenvalue weighted by molar-refractivity contribution is 5.80. The van der Waals surface area contributed by atoms with Crippen molar-refractivity contribution in [3.8, 4) is 0 Å². The van der Waals surface area contributed by atoms with Crippen LogP contribution in [0.25, 0.3) is 0 Å². The number of guanidine groups is 1. The van der Waals surface area contributed by atoms with Crippen molar-refractivity contribution in [1.29, 1.82) is 0 Å². The van der Waals surface area contributed by atoms with E-state index in [1.54, 1.807) is 0 Å². The molecule has 2 aliphatic heterocycles. The highest BCUT2D eigenvalue weighted by Crippen LogP contribution is 2.51. The van der Waals surface area contributed by atoms with E-state index in [2.05, 4.69) is 36.1 Å². The van der Waals surface area contributed by atoms with Crippen molar-refractivity contribution in [2.75, 3.05) is 40.5 Å². The van der Waals surface area contributed by atoms with E-state index in [0.717, 1.165) is 38.7 Å². The second-order valence-electron chi connectivity index (χ2n) is 7.70. The smallest absolute Gasteiger partial charge is 0.193 e. The molecule has 126 valence electrons. The number of hydrogen-bond acceptors (Lipinski definition) is 3. The summed E-state index contributed by atoms with van der Waals surface area (Å²) in [6.45, 7) is 8.35. The van der Waals surface area contributed by atoms with Crippen LogP contribution in [-0.4, -0.2) is 63.5 Å². The van der Waals surface area contributed by atoms with Gasteiger partial charge < -0.3 is 19.7 Å². The van der Waals surface area contributed by atoms with Gasteiger partial charge in [0.1, 0.15) is 0 Å². The fourth-order valence-electron chi connectivity index (χ4n) is 4.50. The number of fused-ring (bicyclic) bond motifs is 1. The monoisotopic (exact) mass is 309 g/mol. The molecular formula is C17H31N3O2. The normalized spacial score (nSPS) is 37.4. The lowest BCUT2D eigenvalue weighted by atomic mass is 9.55. The molecule has 0 spiro atoms. The largest absolute Gasteiger partial charge is 0.381 e. The quantitative estimate of drug-likeness (QED) is 0.637. The first-order valence-electron chi connectivity index (χ1n) is 8.68. The lowest BCUT2D eigenvalue weighted by Gasteiger charge is -2.60. The molecule has 3 rings (SSSR count). The molecule has 22 heavy (non-hydrogen) atoms. The summed E-state index contributed by atoms with van der Waals surface area (Å²) >= 11 is 0. The summed E-state index contributed by atoms with van der Waals surface area (Å²) < 4.78 is 11.5. The lowest BCUT2D eigenvalue weighted by molar-refractivity contribution is -0.188. The molecule has 1 aliphatic carbocycles. The number of nitrogens with one attached hydrogen (secondary N) is 1. The van der Waals surface area contributed by atoms with Crippen LogP contribution < -0.4 is 5.32 Å². The van der Waals surface area contributed by atoms with E-state index in [1.807, 2.05) is 7.05 Å². The molecule has 0 aromatic rings. The Morgan fingerprint density at radius 1 is 1.32 bits per heavy atom. The molecule has 0 radical (unpaired) electrons. The Kier molecular flexibility index (Phi) is 4.64. The number of aliphatic imine (C=N–C) groups is 1. The molecule has 3 fully saturated rings. The summed E-state index contributed by atoms with van der Waals surface area (Å²) in [5.74, 6) is 2.27. The average Bonchev–Trinajstić information content (AvgIpc) is 3.00. The summed E-state index contributed by atoms with van der Waals surface area (Å²) in [6.07, 6.45) is 4.02. The predicted octanol–water partition coefficient (Wildman–Crippen LogP) is 1.73. The number of hydrogen-bond donors (Lipinski definition) is 1. The van der Waals surface area contributed by atoms with Crippen molar-refractivity contribution in [2.45, 2.75) is 45.3 Å². The molecule has 0 bridgehead atoms. The predicted molar refractivity (Wildman–Crippen MR) is 88.1 cm³/mol. The van der Waals surface area contributed by atoms with Gasteiger partial charge in [0.2, 0.25) is 0 Å².